The number of phenolic OH excluding ortho intramolecular Hbond substituents is 2. The van der Waals surface area contributed by atoms with Gasteiger partial charge in [0.15, 0.2) is 0 Å². The second kappa shape index (κ2) is 5.57. The molecule has 2 aromatic carbocycles. The summed E-state index contributed by atoms with van der Waals surface area (Å²) in [4.78, 5) is -0.307. The van der Waals surface area contributed by atoms with E-state index in [9.17, 15) is 18.6 Å². The molecule has 23 heavy (non-hydrogen) atoms. The molecular formula is C18H22O4S. The van der Waals surface area contributed by atoms with Gasteiger partial charge in [-0.15, -0.1) is 0 Å². The Morgan fingerprint density at radius 3 is 1.78 bits per heavy atom. The molecular weight excluding hydrogens is 312 g/mol. The number of benzene rings is 2. The van der Waals surface area contributed by atoms with E-state index in [1.54, 1.807) is 33.8 Å². The molecule has 2 aromatic rings. The average Bonchev–Trinajstić information content (AvgIpc) is 2.46. The second-order valence-corrected chi connectivity index (χ2v) is 7.96. The summed E-state index contributed by atoms with van der Waals surface area (Å²) in [6, 6.07) is 3.19. The lowest BCUT2D eigenvalue weighted by Crippen LogP contribution is -2.08. The van der Waals surface area contributed by atoms with Gasteiger partial charge in [-0.1, -0.05) is 6.07 Å². The number of hydrogen-bond donors (Lipinski definition) is 2. The van der Waals surface area contributed by atoms with E-state index >= 15 is 0 Å². The van der Waals surface area contributed by atoms with E-state index in [4.69, 9.17) is 0 Å². The Morgan fingerprint density at radius 2 is 1.22 bits per heavy atom. The minimum Gasteiger partial charge on any atom is -0.506 e. The van der Waals surface area contributed by atoms with Crippen LogP contribution in [-0.4, -0.2) is 18.6 Å². The lowest BCUT2D eigenvalue weighted by molar-refractivity contribution is 0.447. The molecule has 0 fully saturated rings. The minimum atomic E-state index is -4.03. The maximum Gasteiger partial charge on any atom is 0.214 e. The van der Waals surface area contributed by atoms with E-state index in [1.807, 2.05) is 13.8 Å². The molecule has 0 spiro atoms. The van der Waals surface area contributed by atoms with Crippen molar-refractivity contribution in [1.29, 1.82) is 0 Å². The summed E-state index contributed by atoms with van der Waals surface area (Å²) in [6.07, 6.45) is 0. The third kappa shape index (κ3) is 2.59. The number of phenols is 2. The highest BCUT2D eigenvalue weighted by Crippen LogP contribution is 2.40. The number of rotatable bonds is 2. The third-order valence-electron chi connectivity index (χ3n) is 4.60. The molecule has 0 aliphatic carbocycles. The van der Waals surface area contributed by atoms with E-state index in [0.29, 0.717) is 16.7 Å². The monoisotopic (exact) mass is 334 g/mol. The molecule has 0 aliphatic rings. The molecule has 0 saturated carbocycles. The summed E-state index contributed by atoms with van der Waals surface area (Å²) in [6.45, 7) is 10.5. The maximum absolute atomic E-state index is 13.1. The maximum atomic E-state index is 13.1. The van der Waals surface area contributed by atoms with E-state index in [0.717, 1.165) is 16.7 Å². The summed E-state index contributed by atoms with van der Waals surface area (Å²) in [7, 11) is -4.03. The van der Waals surface area contributed by atoms with E-state index in [2.05, 4.69) is 0 Å². The molecule has 5 heteroatoms. The zero-order valence-electron chi connectivity index (χ0n) is 14.3. The SMILES string of the molecule is Cc1cc(S(=O)(=O)c2c(C)cc(C)c(C)c2O)c(O)c(C)c1C. The van der Waals surface area contributed by atoms with Crippen molar-refractivity contribution in [2.45, 2.75) is 51.3 Å². The first-order chi connectivity index (χ1) is 10.5. The van der Waals surface area contributed by atoms with Crippen molar-refractivity contribution in [2.75, 3.05) is 0 Å². The fourth-order valence-electron chi connectivity index (χ4n) is 2.73. The van der Waals surface area contributed by atoms with E-state index in [1.165, 1.54) is 6.07 Å². The van der Waals surface area contributed by atoms with E-state index in [-0.39, 0.29) is 21.3 Å². The van der Waals surface area contributed by atoms with Gasteiger partial charge in [-0.25, -0.2) is 8.42 Å². The molecule has 2 rings (SSSR count). The summed E-state index contributed by atoms with van der Waals surface area (Å²) < 4.78 is 26.1. The molecule has 0 bridgehead atoms. The average molecular weight is 334 g/mol. The van der Waals surface area contributed by atoms with Crippen LogP contribution >= 0.6 is 0 Å². The zero-order chi connectivity index (χ0) is 17.7. The molecule has 0 atom stereocenters. The number of hydrogen-bond acceptors (Lipinski definition) is 4. The molecule has 0 aromatic heterocycles. The molecule has 4 nitrogen and oxygen atoms in total. The molecule has 0 amide bonds. The van der Waals surface area contributed by atoms with Gasteiger partial charge >= 0.3 is 0 Å². The largest absolute Gasteiger partial charge is 0.506 e. The predicted octanol–water partition coefficient (Wildman–Crippen LogP) is 3.78. The van der Waals surface area contributed by atoms with Crippen LogP contribution in [0.3, 0.4) is 0 Å². The molecule has 124 valence electrons. The predicted molar refractivity (Wildman–Crippen MR) is 90.1 cm³/mol. The van der Waals surface area contributed by atoms with Crippen LogP contribution < -0.4 is 0 Å². The Bertz CT molecular complexity index is 910. The number of sulfone groups is 1. The highest BCUT2D eigenvalue weighted by atomic mass is 32.2. The first kappa shape index (κ1) is 17.3. The van der Waals surface area contributed by atoms with Gasteiger partial charge in [0.05, 0.1) is 0 Å². The van der Waals surface area contributed by atoms with Crippen molar-refractivity contribution < 1.29 is 18.6 Å². The van der Waals surface area contributed by atoms with Crippen molar-refractivity contribution >= 4 is 9.84 Å². The summed E-state index contributed by atoms with van der Waals surface area (Å²) in [5, 5.41) is 20.7. The fourth-order valence-corrected chi connectivity index (χ4v) is 4.58. The molecule has 2 N–H and O–H groups in total. The van der Waals surface area contributed by atoms with E-state index < -0.39 is 9.84 Å². The molecule has 0 radical (unpaired) electrons. The fraction of sp³-hybridized carbons (Fsp3) is 0.333. The van der Waals surface area contributed by atoms with Gasteiger partial charge < -0.3 is 10.2 Å². The Kier molecular flexibility index (Phi) is 4.20. The molecule has 0 saturated heterocycles. The van der Waals surface area contributed by atoms with Crippen molar-refractivity contribution in [3.05, 3.63) is 45.5 Å². The summed E-state index contributed by atoms with van der Waals surface area (Å²) in [5.41, 5.74) is 3.96. The molecule has 0 aliphatic heterocycles. The van der Waals surface area contributed by atoms with Crippen LogP contribution in [0.2, 0.25) is 0 Å². The highest BCUT2D eigenvalue weighted by molar-refractivity contribution is 7.91. The zero-order valence-corrected chi connectivity index (χ0v) is 15.1. The van der Waals surface area contributed by atoms with Crippen molar-refractivity contribution in [3.8, 4) is 11.5 Å². The van der Waals surface area contributed by atoms with Crippen molar-refractivity contribution in [2.24, 2.45) is 0 Å². The van der Waals surface area contributed by atoms with Gasteiger partial charge in [-0.05, 0) is 81.0 Å². The van der Waals surface area contributed by atoms with Crippen molar-refractivity contribution in [1.82, 2.24) is 0 Å². The van der Waals surface area contributed by atoms with Crippen LogP contribution in [-0.2, 0) is 9.84 Å². The lowest BCUT2D eigenvalue weighted by atomic mass is 10.0. The summed E-state index contributed by atoms with van der Waals surface area (Å²) in [5.74, 6) is -0.511. The standard InChI is InChI=1S/C18H22O4S/c1-9-7-11(3)18(17(20)13(9)5)23(21,22)15-8-10(2)12(4)14(6)16(15)19/h7-8,19-20H,1-6H3. The second-order valence-electron chi connectivity index (χ2n) is 6.11. The Balaban J connectivity index is 2.88. The first-order valence-electron chi connectivity index (χ1n) is 7.34. The van der Waals surface area contributed by atoms with Crippen LogP contribution in [0.5, 0.6) is 11.5 Å². The molecule has 0 unspecified atom stereocenters. The quantitative estimate of drug-likeness (QED) is 0.876. The Hall–Kier alpha value is -2.01. The smallest absolute Gasteiger partial charge is 0.214 e. The van der Waals surface area contributed by atoms with Gasteiger partial charge in [-0.3, -0.25) is 0 Å². The van der Waals surface area contributed by atoms with Gasteiger partial charge in [0.2, 0.25) is 9.84 Å². The molecule has 0 heterocycles. The van der Waals surface area contributed by atoms with Crippen LogP contribution in [0.4, 0.5) is 0 Å². The first-order valence-corrected chi connectivity index (χ1v) is 8.83. The van der Waals surface area contributed by atoms with Gasteiger partial charge in [0.25, 0.3) is 0 Å². The highest BCUT2D eigenvalue weighted by Gasteiger charge is 2.29. The van der Waals surface area contributed by atoms with Gasteiger partial charge in [0.1, 0.15) is 21.3 Å². The number of aryl methyl sites for hydroxylation is 3. The minimum absolute atomic E-state index is 0.140. The van der Waals surface area contributed by atoms with Crippen LogP contribution in [0.15, 0.2) is 21.9 Å². The Morgan fingerprint density at radius 1 is 0.696 bits per heavy atom. The van der Waals surface area contributed by atoms with Crippen molar-refractivity contribution in [3.63, 3.8) is 0 Å². The van der Waals surface area contributed by atoms with Crippen LogP contribution in [0.1, 0.15) is 33.4 Å². The topological polar surface area (TPSA) is 74.6 Å². The van der Waals surface area contributed by atoms with Gasteiger partial charge in [-0.2, -0.15) is 0 Å². The van der Waals surface area contributed by atoms with Crippen LogP contribution in [0, 0.1) is 41.5 Å². The van der Waals surface area contributed by atoms with Crippen LogP contribution in [0.25, 0.3) is 0 Å². The summed E-state index contributed by atoms with van der Waals surface area (Å²) >= 11 is 0. The lowest BCUT2D eigenvalue weighted by Gasteiger charge is -2.17. The van der Waals surface area contributed by atoms with Gasteiger partial charge in [0, 0.05) is 0 Å². The normalized spacial score (nSPS) is 11.7. The Labute approximate surface area is 137 Å². The third-order valence-corrected chi connectivity index (χ3v) is 6.54. The number of aromatic hydroxyl groups is 2.